The Kier molecular flexibility index (Phi) is 8.43. The molecule has 2 N–H and O–H groups in total. The van der Waals surface area contributed by atoms with Gasteiger partial charge >= 0.3 is 0 Å². The summed E-state index contributed by atoms with van der Waals surface area (Å²) in [6.45, 7) is 8.81. The van der Waals surface area contributed by atoms with Gasteiger partial charge in [0.2, 0.25) is 0 Å². The van der Waals surface area contributed by atoms with Crippen LogP contribution in [0.2, 0.25) is 0 Å². The van der Waals surface area contributed by atoms with Crippen molar-refractivity contribution in [3.63, 3.8) is 0 Å². The lowest BCUT2D eigenvalue weighted by Gasteiger charge is -2.33. The van der Waals surface area contributed by atoms with Crippen molar-refractivity contribution in [1.82, 2.24) is 20.5 Å². The largest absolute Gasteiger partial charge is 0.357 e. The zero-order valence-corrected chi connectivity index (χ0v) is 18.3. The van der Waals surface area contributed by atoms with Crippen LogP contribution in [0.5, 0.6) is 0 Å². The summed E-state index contributed by atoms with van der Waals surface area (Å²) in [7, 11) is 0. The SMILES string of the molecule is CCNC(=NCCc1ncc(CC)s1)NC1CCN(Cc2ccc(F)cc2)CC1. The fourth-order valence-electron chi connectivity index (χ4n) is 3.49. The monoisotopic (exact) mass is 417 g/mol. The zero-order valence-electron chi connectivity index (χ0n) is 17.5. The lowest BCUT2D eigenvalue weighted by Crippen LogP contribution is -2.48. The minimum atomic E-state index is -0.174. The number of thiazole rings is 1. The Morgan fingerprint density at radius 2 is 2.00 bits per heavy atom. The number of rotatable bonds is 8. The Morgan fingerprint density at radius 3 is 2.66 bits per heavy atom. The van der Waals surface area contributed by atoms with Gasteiger partial charge in [-0.15, -0.1) is 11.3 Å². The first-order valence-electron chi connectivity index (χ1n) is 10.6. The molecule has 0 aliphatic carbocycles. The van der Waals surface area contributed by atoms with Crippen LogP contribution in [0.4, 0.5) is 4.39 Å². The van der Waals surface area contributed by atoms with Crippen LogP contribution in [0.15, 0.2) is 35.5 Å². The van der Waals surface area contributed by atoms with Crippen molar-refractivity contribution < 1.29 is 4.39 Å². The van der Waals surface area contributed by atoms with Crippen LogP contribution in [0, 0.1) is 5.82 Å². The quantitative estimate of drug-likeness (QED) is 0.509. The Labute approximate surface area is 177 Å². The van der Waals surface area contributed by atoms with Crippen LogP contribution in [0.25, 0.3) is 0 Å². The third-order valence-electron chi connectivity index (χ3n) is 5.14. The lowest BCUT2D eigenvalue weighted by molar-refractivity contribution is 0.198. The first kappa shape index (κ1) is 21.7. The number of aryl methyl sites for hydroxylation is 1. The van der Waals surface area contributed by atoms with Gasteiger partial charge < -0.3 is 10.6 Å². The number of halogens is 1. The number of likely N-dealkylation sites (tertiary alicyclic amines) is 1. The second-order valence-corrected chi connectivity index (χ2v) is 8.61. The number of aromatic nitrogens is 1. The predicted octanol–water partition coefficient (Wildman–Crippen LogP) is 3.61. The van der Waals surface area contributed by atoms with Crippen molar-refractivity contribution in [2.75, 3.05) is 26.2 Å². The summed E-state index contributed by atoms with van der Waals surface area (Å²) in [6.07, 6.45) is 6.07. The average molecular weight is 418 g/mol. The van der Waals surface area contributed by atoms with Crippen molar-refractivity contribution in [3.05, 3.63) is 51.7 Å². The molecule has 7 heteroatoms. The molecule has 158 valence electrons. The van der Waals surface area contributed by atoms with Gasteiger partial charge in [0.1, 0.15) is 5.82 Å². The topological polar surface area (TPSA) is 52.6 Å². The molecule has 1 saturated heterocycles. The molecule has 0 spiro atoms. The molecule has 0 bridgehead atoms. The second kappa shape index (κ2) is 11.3. The molecule has 0 unspecified atom stereocenters. The number of piperidine rings is 1. The zero-order chi connectivity index (χ0) is 20.5. The smallest absolute Gasteiger partial charge is 0.191 e. The van der Waals surface area contributed by atoms with E-state index in [9.17, 15) is 4.39 Å². The maximum Gasteiger partial charge on any atom is 0.191 e. The molecular formula is C22H32FN5S. The predicted molar refractivity (Wildman–Crippen MR) is 119 cm³/mol. The van der Waals surface area contributed by atoms with E-state index >= 15 is 0 Å². The second-order valence-electron chi connectivity index (χ2n) is 7.41. The number of nitrogens with one attached hydrogen (secondary N) is 2. The highest BCUT2D eigenvalue weighted by Crippen LogP contribution is 2.15. The molecule has 3 rings (SSSR count). The standard InChI is InChI=1S/C22H32FN5S/c1-3-20-15-26-21(29-20)9-12-25-22(24-4-2)27-19-10-13-28(14-11-19)16-17-5-7-18(23)8-6-17/h5-8,15,19H,3-4,9-14,16H2,1-2H3,(H2,24,25,27). The summed E-state index contributed by atoms with van der Waals surface area (Å²) in [5.74, 6) is 0.726. The van der Waals surface area contributed by atoms with E-state index in [1.165, 1.54) is 22.6 Å². The van der Waals surface area contributed by atoms with Crippen LogP contribution in [-0.4, -0.2) is 48.1 Å². The van der Waals surface area contributed by atoms with Gasteiger partial charge in [-0.1, -0.05) is 19.1 Å². The van der Waals surface area contributed by atoms with Crippen LogP contribution in [0.1, 0.15) is 42.1 Å². The van der Waals surface area contributed by atoms with Crippen molar-refractivity contribution in [2.45, 2.75) is 52.1 Å². The molecule has 0 radical (unpaired) electrons. The molecule has 0 amide bonds. The molecule has 1 aliphatic rings. The van der Waals surface area contributed by atoms with Crippen molar-refractivity contribution in [3.8, 4) is 0 Å². The van der Waals surface area contributed by atoms with Gasteiger partial charge in [0.05, 0.1) is 5.01 Å². The first-order chi connectivity index (χ1) is 14.2. The molecule has 1 aliphatic heterocycles. The minimum absolute atomic E-state index is 0.174. The number of aliphatic imine (C=N–C) groups is 1. The summed E-state index contributed by atoms with van der Waals surface area (Å²) in [4.78, 5) is 13.0. The van der Waals surface area contributed by atoms with E-state index in [1.54, 1.807) is 11.3 Å². The van der Waals surface area contributed by atoms with Gasteiger partial charge in [-0.05, 0) is 43.9 Å². The molecule has 1 aromatic carbocycles. The van der Waals surface area contributed by atoms with Crippen LogP contribution >= 0.6 is 11.3 Å². The number of guanidine groups is 1. The molecule has 29 heavy (non-hydrogen) atoms. The van der Waals surface area contributed by atoms with E-state index in [1.807, 2.05) is 18.3 Å². The fraction of sp³-hybridized carbons (Fsp3) is 0.545. The third kappa shape index (κ3) is 7.08. The van der Waals surface area contributed by atoms with Crippen LogP contribution in [-0.2, 0) is 19.4 Å². The number of benzene rings is 1. The molecule has 2 heterocycles. The number of hydrogen-bond donors (Lipinski definition) is 2. The van der Waals surface area contributed by atoms with E-state index in [4.69, 9.17) is 4.99 Å². The number of hydrogen-bond acceptors (Lipinski definition) is 4. The average Bonchev–Trinajstić information content (AvgIpc) is 3.19. The lowest BCUT2D eigenvalue weighted by atomic mass is 10.0. The van der Waals surface area contributed by atoms with Gasteiger partial charge in [-0.3, -0.25) is 9.89 Å². The summed E-state index contributed by atoms with van der Waals surface area (Å²) in [6, 6.07) is 7.27. The molecule has 5 nitrogen and oxygen atoms in total. The van der Waals surface area contributed by atoms with E-state index in [0.717, 1.165) is 69.4 Å². The van der Waals surface area contributed by atoms with E-state index in [-0.39, 0.29) is 5.82 Å². The summed E-state index contributed by atoms with van der Waals surface area (Å²) in [5, 5.41) is 8.12. The van der Waals surface area contributed by atoms with E-state index in [0.29, 0.717) is 6.04 Å². The molecule has 0 saturated carbocycles. The van der Waals surface area contributed by atoms with Crippen molar-refractivity contribution in [2.24, 2.45) is 4.99 Å². The van der Waals surface area contributed by atoms with Gasteiger partial charge in [-0.2, -0.15) is 0 Å². The third-order valence-corrected chi connectivity index (χ3v) is 6.34. The highest BCUT2D eigenvalue weighted by molar-refractivity contribution is 7.11. The fourth-order valence-corrected chi connectivity index (χ4v) is 4.34. The Balaban J connectivity index is 1.43. The van der Waals surface area contributed by atoms with Crippen molar-refractivity contribution >= 4 is 17.3 Å². The van der Waals surface area contributed by atoms with Crippen LogP contribution in [0.3, 0.4) is 0 Å². The minimum Gasteiger partial charge on any atom is -0.357 e. The highest BCUT2D eigenvalue weighted by Gasteiger charge is 2.20. The van der Waals surface area contributed by atoms with Gasteiger partial charge in [0, 0.05) is 56.3 Å². The Bertz CT molecular complexity index is 766. The highest BCUT2D eigenvalue weighted by atomic mass is 32.1. The number of nitrogens with zero attached hydrogens (tertiary/aromatic N) is 3. The Hall–Kier alpha value is -1.99. The molecule has 0 atom stereocenters. The maximum atomic E-state index is 13.1. The molecule has 1 aromatic heterocycles. The van der Waals surface area contributed by atoms with Gasteiger partial charge in [0.15, 0.2) is 5.96 Å². The van der Waals surface area contributed by atoms with E-state index < -0.39 is 0 Å². The Morgan fingerprint density at radius 1 is 1.24 bits per heavy atom. The van der Waals surface area contributed by atoms with Gasteiger partial charge in [-0.25, -0.2) is 9.37 Å². The first-order valence-corrected chi connectivity index (χ1v) is 11.4. The summed E-state index contributed by atoms with van der Waals surface area (Å²) < 4.78 is 13.1. The van der Waals surface area contributed by atoms with E-state index in [2.05, 4.69) is 34.4 Å². The summed E-state index contributed by atoms with van der Waals surface area (Å²) in [5.41, 5.74) is 1.17. The maximum absolute atomic E-state index is 13.1. The molecule has 2 aromatic rings. The summed E-state index contributed by atoms with van der Waals surface area (Å²) >= 11 is 1.79. The normalized spacial score (nSPS) is 16.2. The van der Waals surface area contributed by atoms with Crippen molar-refractivity contribution in [1.29, 1.82) is 0 Å². The molecule has 1 fully saturated rings. The molecular weight excluding hydrogens is 385 g/mol. The van der Waals surface area contributed by atoms with Crippen LogP contribution < -0.4 is 10.6 Å². The van der Waals surface area contributed by atoms with Gasteiger partial charge in [0.25, 0.3) is 0 Å².